The van der Waals surface area contributed by atoms with Crippen LogP contribution in [0, 0.1) is 0 Å². The van der Waals surface area contributed by atoms with Gasteiger partial charge in [0.1, 0.15) is 11.5 Å². The molecule has 3 aromatic carbocycles. The van der Waals surface area contributed by atoms with Crippen molar-refractivity contribution in [3.05, 3.63) is 92.9 Å². The monoisotopic (exact) mass is 441 g/mol. The summed E-state index contributed by atoms with van der Waals surface area (Å²) in [6.45, 7) is 0.219. The van der Waals surface area contributed by atoms with Gasteiger partial charge in [-0.15, -0.1) is 0 Å². The zero-order valence-corrected chi connectivity index (χ0v) is 16.3. The highest BCUT2D eigenvalue weighted by molar-refractivity contribution is 9.10. The molecule has 0 unspecified atom stereocenters. The first-order chi connectivity index (χ1) is 13.0. The third kappa shape index (κ3) is 3.48. The number of amides is 2. The molecule has 1 heterocycles. The summed E-state index contributed by atoms with van der Waals surface area (Å²) in [4.78, 5) is 26.1. The Morgan fingerprint density at radius 1 is 0.852 bits per heavy atom. The first-order valence-corrected chi connectivity index (χ1v) is 9.37. The number of hydrogen-bond donors (Lipinski definition) is 0. The Bertz CT molecular complexity index is 1010. The van der Waals surface area contributed by atoms with E-state index in [-0.39, 0.29) is 18.4 Å². The van der Waals surface area contributed by atoms with Gasteiger partial charge in [0.15, 0.2) is 0 Å². The van der Waals surface area contributed by atoms with E-state index in [1.54, 1.807) is 42.5 Å². The van der Waals surface area contributed by atoms with Crippen LogP contribution in [0.25, 0.3) is 0 Å². The van der Waals surface area contributed by atoms with Crippen molar-refractivity contribution in [1.82, 2.24) is 4.90 Å². The van der Waals surface area contributed by atoms with Gasteiger partial charge in [-0.1, -0.05) is 35.9 Å². The Morgan fingerprint density at radius 2 is 1.44 bits per heavy atom. The summed E-state index contributed by atoms with van der Waals surface area (Å²) >= 11 is 9.41. The van der Waals surface area contributed by atoms with Gasteiger partial charge < -0.3 is 4.74 Å². The van der Waals surface area contributed by atoms with Gasteiger partial charge in [-0.05, 0) is 57.9 Å². The lowest BCUT2D eigenvalue weighted by Crippen LogP contribution is -2.29. The number of hydrogen-bond acceptors (Lipinski definition) is 3. The number of nitrogens with zero attached hydrogens (tertiary/aromatic N) is 1. The number of benzene rings is 3. The Balaban J connectivity index is 1.48. The summed E-state index contributed by atoms with van der Waals surface area (Å²) in [6.07, 6.45) is 0. The average molecular weight is 443 g/mol. The van der Waals surface area contributed by atoms with Crippen molar-refractivity contribution in [2.75, 3.05) is 0 Å². The van der Waals surface area contributed by atoms with Gasteiger partial charge in [0, 0.05) is 10.5 Å². The van der Waals surface area contributed by atoms with Gasteiger partial charge in [0.2, 0.25) is 0 Å². The lowest BCUT2D eigenvalue weighted by molar-refractivity contribution is 0.0642. The highest BCUT2D eigenvalue weighted by atomic mass is 79.9. The maximum absolute atomic E-state index is 12.4. The second-order valence-corrected chi connectivity index (χ2v) is 7.33. The number of halogens is 2. The van der Waals surface area contributed by atoms with Gasteiger partial charge >= 0.3 is 0 Å². The average Bonchev–Trinajstić information content (AvgIpc) is 2.91. The number of rotatable bonds is 4. The van der Waals surface area contributed by atoms with Crippen LogP contribution in [0.5, 0.6) is 11.5 Å². The lowest BCUT2D eigenvalue weighted by atomic mass is 10.1. The minimum absolute atomic E-state index is 0.219. The van der Waals surface area contributed by atoms with E-state index in [9.17, 15) is 9.59 Å². The molecule has 0 radical (unpaired) electrons. The van der Waals surface area contributed by atoms with Crippen molar-refractivity contribution in [3.8, 4) is 11.5 Å². The fraction of sp³-hybridized carbons (Fsp3) is 0.0476. The quantitative estimate of drug-likeness (QED) is 0.488. The predicted octanol–water partition coefficient (Wildman–Crippen LogP) is 5.69. The summed E-state index contributed by atoms with van der Waals surface area (Å²) in [5, 5.41) is 0.565. The fourth-order valence-corrected chi connectivity index (χ4v) is 3.32. The molecular formula is C21H13BrClNO3. The normalized spacial score (nSPS) is 13.0. The molecule has 1 aliphatic heterocycles. The summed E-state index contributed by atoms with van der Waals surface area (Å²) in [5.74, 6) is 0.733. The molecule has 0 aromatic heterocycles. The van der Waals surface area contributed by atoms with Crippen LogP contribution in [0.3, 0.4) is 0 Å². The summed E-state index contributed by atoms with van der Waals surface area (Å²) < 4.78 is 6.58. The fourth-order valence-electron chi connectivity index (χ4n) is 2.90. The smallest absolute Gasteiger partial charge is 0.261 e. The number of fused-ring (bicyclic) bond motifs is 1. The largest absolute Gasteiger partial charge is 0.457 e. The molecule has 0 saturated carbocycles. The molecule has 2 amide bonds. The van der Waals surface area contributed by atoms with Crippen LogP contribution in [0.15, 0.2) is 71.2 Å². The highest BCUT2D eigenvalue weighted by Crippen LogP contribution is 2.30. The molecule has 0 atom stereocenters. The minimum atomic E-state index is -0.263. The van der Waals surface area contributed by atoms with E-state index in [2.05, 4.69) is 15.9 Å². The maximum atomic E-state index is 12.4. The van der Waals surface area contributed by atoms with Crippen molar-refractivity contribution >= 4 is 39.3 Å². The standard InChI is InChI=1S/C21H13BrClNO3/c22-18-10-9-15(11-19(18)23)27-14-7-5-13(6-8-14)12-24-20(25)16-3-1-2-4-17(16)21(24)26/h1-11H,12H2. The summed E-state index contributed by atoms with van der Waals surface area (Å²) in [5.41, 5.74) is 1.75. The molecule has 0 bridgehead atoms. The summed E-state index contributed by atoms with van der Waals surface area (Å²) in [6, 6.07) is 19.5. The predicted molar refractivity (Wildman–Crippen MR) is 106 cm³/mol. The molecule has 3 aromatic rings. The lowest BCUT2D eigenvalue weighted by Gasteiger charge is -2.14. The van der Waals surface area contributed by atoms with Gasteiger partial charge in [-0.25, -0.2) is 0 Å². The third-order valence-corrected chi connectivity index (χ3v) is 5.50. The number of imide groups is 1. The first-order valence-electron chi connectivity index (χ1n) is 8.20. The molecule has 0 fully saturated rings. The van der Waals surface area contributed by atoms with E-state index in [4.69, 9.17) is 16.3 Å². The van der Waals surface area contributed by atoms with E-state index in [0.29, 0.717) is 27.6 Å². The van der Waals surface area contributed by atoms with Crippen molar-refractivity contribution in [2.45, 2.75) is 6.54 Å². The minimum Gasteiger partial charge on any atom is -0.457 e. The molecule has 0 saturated heterocycles. The van der Waals surface area contributed by atoms with E-state index < -0.39 is 0 Å². The molecular weight excluding hydrogens is 430 g/mol. The van der Waals surface area contributed by atoms with E-state index in [1.807, 2.05) is 24.3 Å². The second-order valence-electron chi connectivity index (χ2n) is 6.06. The van der Waals surface area contributed by atoms with Crippen LogP contribution in [-0.2, 0) is 6.54 Å². The Labute approximate surface area is 169 Å². The van der Waals surface area contributed by atoms with Crippen LogP contribution in [0.2, 0.25) is 5.02 Å². The second kappa shape index (κ2) is 7.18. The Kier molecular flexibility index (Phi) is 4.72. The molecule has 6 heteroatoms. The van der Waals surface area contributed by atoms with Gasteiger partial charge in [-0.3, -0.25) is 14.5 Å². The van der Waals surface area contributed by atoms with Crippen LogP contribution >= 0.6 is 27.5 Å². The van der Waals surface area contributed by atoms with E-state index in [0.717, 1.165) is 10.0 Å². The summed E-state index contributed by atoms with van der Waals surface area (Å²) in [7, 11) is 0. The zero-order chi connectivity index (χ0) is 19.0. The van der Waals surface area contributed by atoms with E-state index in [1.165, 1.54) is 4.90 Å². The van der Waals surface area contributed by atoms with Crippen LogP contribution < -0.4 is 4.74 Å². The van der Waals surface area contributed by atoms with Gasteiger partial charge in [0.05, 0.1) is 22.7 Å². The van der Waals surface area contributed by atoms with Gasteiger partial charge in [0.25, 0.3) is 11.8 Å². The van der Waals surface area contributed by atoms with Crippen LogP contribution in [0.1, 0.15) is 26.3 Å². The van der Waals surface area contributed by atoms with Crippen LogP contribution in [0.4, 0.5) is 0 Å². The van der Waals surface area contributed by atoms with Crippen LogP contribution in [-0.4, -0.2) is 16.7 Å². The third-order valence-electron chi connectivity index (χ3n) is 4.27. The Hall–Kier alpha value is -2.63. The van der Waals surface area contributed by atoms with Crippen molar-refractivity contribution in [1.29, 1.82) is 0 Å². The molecule has 27 heavy (non-hydrogen) atoms. The molecule has 134 valence electrons. The Morgan fingerprint density at radius 3 is 2.04 bits per heavy atom. The van der Waals surface area contributed by atoms with Gasteiger partial charge in [-0.2, -0.15) is 0 Å². The maximum Gasteiger partial charge on any atom is 0.261 e. The van der Waals surface area contributed by atoms with Crippen molar-refractivity contribution < 1.29 is 14.3 Å². The van der Waals surface area contributed by atoms with E-state index >= 15 is 0 Å². The molecule has 0 N–H and O–H groups in total. The van der Waals surface area contributed by atoms with Crippen molar-refractivity contribution in [2.24, 2.45) is 0 Å². The molecule has 4 nitrogen and oxygen atoms in total. The SMILES string of the molecule is O=C1c2ccccc2C(=O)N1Cc1ccc(Oc2ccc(Br)c(Cl)c2)cc1. The zero-order valence-electron chi connectivity index (χ0n) is 14.0. The van der Waals surface area contributed by atoms with Crippen molar-refractivity contribution in [3.63, 3.8) is 0 Å². The number of carbonyl (C=O) groups excluding carboxylic acids is 2. The number of carbonyl (C=O) groups is 2. The topological polar surface area (TPSA) is 46.6 Å². The molecule has 0 spiro atoms. The molecule has 1 aliphatic rings. The molecule has 4 rings (SSSR count). The molecule has 0 aliphatic carbocycles. The first kappa shape index (κ1) is 17.8. The number of ether oxygens (including phenoxy) is 1. The highest BCUT2D eigenvalue weighted by Gasteiger charge is 2.34.